The Balaban J connectivity index is 1.87. The number of halogens is 1. The van der Waals surface area contributed by atoms with Crippen LogP contribution in [0.1, 0.15) is 11.5 Å². The number of aromatic nitrogens is 5. The Morgan fingerprint density at radius 1 is 1.21 bits per heavy atom. The van der Waals surface area contributed by atoms with Gasteiger partial charge < -0.3 is 10.1 Å². The van der Waals surface area contributed by atoms with E-state index in [1.54, 1.807) is 37.3 Å². The Morgan fingerprint density at radius 2 is 2.04 bits per heavy atom. The highest BCUT2D eigenvalue weighted by atomic mass is 19.1. The summed E-state index contributed by atoms with van der Waals surface area (Å²) in [7, 11) is 1.54. The van der Waals surface area contributed by atoms with Crippen LogP contribution in [0.3, 0.4) is 0 Å². The number of H-pyrrole nitrogens is 1. The summed E-state index contributed by atoms with van der Waals surface area (Å²) in [5, 5.41) is 5.65. The molecule has 0 amide bonds. The van der Waals surface area contributed by atoms with Gasteiger partial charge in [0.15, 0.2) is 11.6 Å². The molecular formula is C19H17FN6O2. The molecule has 0 aliphatic rings. The van der Waals surface area contributed by atoms with Gasteiger partial charge in [-0.05, 0) is 26.0 Å². The second-order valence-corrected chi connectivity index (χ2v) is 6.23. The first kappa shape index (κ1) is 17.7. The monoisotopic (exact) mass is 380 g/mol. The lowest BCUT2D eigenvalue weighted by molar-refractivity contribution is 0.414. The summed E-state index contributed by atoms with van der Waals surface area (Å²) in [4.78, 5) is 24.8. The van der Waals surface area contributed by atoms with Gasteiger partial charge >= 0.3 is 0 Å². The number of rotatable bonds is 4. The minimum Gasteiger partial charge on any atom is -0.497 e. The fourth-order valence-electron chi connectivity index (χ4n) is 3.01. The van der Waals surface area contributed by atoms with Crippen molar-refractivity contribution in [1.29, 1.82) is 0 Å². The van der Waals surface area contributed by atoms with Gasteiger partial charge in [-0.25, -0.2) is 24.0 Å². The van der Waals surface area contributed by atoms with Gasteiger partial charge in [0, 0.05) is 24.0 Å². The zero-order valence-corrected chi connectivity index (χ0v) is 15.4. The molecule has 0 aliphatic carbocycles. The van der Waals surface area contributed by atoms with E-state index in [2.05, 4.69) is 25.4 Å². The number of ether oxygens (including phenoxy) is 1. The molecule has 142 valence electrons. The number of pyridine rings is 1. The summed E-state index contributed by atoms with van der Waals surface area (Å²) in [5.74, 6) is 0.841. The molecule has 0 radical (unpaired) electrons. The zero-order valence-electron chi connectivity index (χ0n) is 15.4. The van der Waals surface area contributed by atoms with Crippen LogP contribution in [0.5, 0.6) is 5.75 Å². The molecule has 0 saturated carbocycles. The number of benzene rings is 1. The highest BCUT2D eigenvalue weighted by Gasteiger charge is 2.18. The van der Waals surface area contributed by atoms with Gasteiger partial charge in [-0.3, -0.25) is 9.89 Å². The van der Waals surface area contributed by atoms with Crippen LogP contribution >= 0.6 is 0 Å². The van der Waals surface area contributed by atoms with E-state index in [9.17, 15) is 4.79 Å². The molecule has 0 saturated heterocycles. The minimum atomic E-state index is -0.674. The standard InChI is InChI=1S/C19H17FN6O2/c1-10-7-15(23-11(2)22-10)24-18-16(20)17-14(9-21-18)19(27)25-26(17)12-5-4-6-13(8-12)28-3/h4-9H,1-3H3,(H,25,27)(H,21,22,23,24). The molecular weight excluding hydrogens is 363 g/mol. The molecule has 3 aromatic heterocycles. The molecule has 0 atom stereocenters. The second kappa shape index (κ2) is 6.76. The normalized spacial score (nSPS) is 11.0. The lowest BCUT2D eigenvalue weighted by Gasteiger charge is -2.10. The summed E-state index contributed by atoms with van der Waals surface area (Å²) in [6, 6.07) is 8.63. The molecule has 0 aliphatic heterocycles. The first-order valence-electron chi connectivity index (χ1n) is 8.49. The number of aromatic amines is 1. The Kier molecular flexibility index (Phi) is 4.26. The van der Waals surface area contributed by atoms with Crippen molar-refractivity contribution in [3.8, 4) is 11.4 Å². The highest BCUT2D eigenvalue weighted by molar-refractivity contribution is 5.83. The molecule has 0 unspecified atom stereocenters. The highest BCUT2D eigenvalue weighted by Crippen LogP contribution is 2.26. The number of nitrogens with zero attached hydrogens (tertiary/aromatic N) is 4. The molecule has 8 nitrogen and oxygen atoms in total. The predicted octanol–water partition coefficient (Wildman–Crippen LogP) is 3.01. The molecule has 0 spiro atoms. The molecule has 4 rings (SSSR count). The predicted molar refractivity (Wildman–Crippen MR) is 103 cm³/mol. The number of anilines is 2. The van der Waals surface area contributed by atoms with Crippen LogP contribution in [0.25, 0.3) is 16.6 Å². The lowest BCUT2D eigenvalue weighted by atomic mass is 10.2. The van der Waals surface area contributed by atoms with Crippen LogP contribution in [0, 0.1) is 19.7 Å². The van der Waals surface area contributed by atoms with Gasteiger partial charge in [0.1, 0.15) is 22.9 Å². The van der Waals surface area contributed by atoms with Gasteiger partial charge in [-0.2, -0.15) is 0 Å². The van der Waals surface area contributed by atoms with E-state index < -0.39 is 11.4 Å². The first-order chi connectivity index (χ1) is 13.5. The van der Waals surface area contributed by atoms with E-state index >= 15 is 4.39 Å². The fraction of sp³-hybridized carbons (Fsp3) is 0.158. The molecule has 0 fully saturated rings. The van der Waals surface area contributed by atoms with Crippen molar-refractivity contribution >= 4 is 22.5 Å². The SMILES string of the molecule is COc1cccc(-n2[nH]c(=O)c3cnc(Nc4cc(C)nc(C)n4)c(F)c32)c1. The maximum atomic E-state index is 15.3. The van der Waals surface area contributed by atoms with Crippen LogP contribution in [-0.2, 0) is 0 Å². The first-order valence-corrected chi connectivity index (χ1v) is 8.49. The van der Waals surface area contributed by atoms with E-state index in [4.69, 9.17) is 4.74 Å². The molecule has 1 aromatic carbocycles. The van der Waals surface area contributed by atoms with Crippen molar-refractivity contribution < 1.29 is 9.13 Å². The van der Waals surface area contributed by atoms with E-state index in [-0.39, 0.29) is 16.7 Å². The summed E-state index contributed by atoms with van der Waals surface area (Å²) in [6.07, 6.45) is 1.33. The Labute approximate surface area is 159 Å². The van der Waals surface area contributed by atoms with E-state index in [1.807, 2.05) is 6.92 Å². The van der Waals surface area contributed by atoms with Gasteiger partial charge in [-0.15, -0.1) is 0 Å². The van der Waals surface area contributed by atoms with E-state index in [0.717, 1.165) is 5.69 Å². The van der Waals surface area contributed by atoms with Crippen molar-refractivity contribution in [2.24, 2.45) is 0 Å². The van der Waals surface area contributed by atoms with Crippen LogP contribution in [0.4, 0.5) is 16.0 Å². The smallest absolute Gasteiger partial charge is 0.274 e. The molecule has 0 bridgehead atoms. The Bertz CT molecular complexity index is 1230. The average molecular weight is 380 g/mol. The van der Waals surface area contributed by atoms with Gasteiger partial charge in [0.2, 0.25) is 0 Å². The van der Waals surface area contributed by atoms with Gasteiger partial charge in [0.05, 0.1) is 18.2 Å². The second-order valence-electron chi connectivity index (χ2n) is 6.23. The topological polar surface area (TPSA) is 97.7 Å². The van der Waals surface area contributed by atoms with E-state index in [0.29, 0.717) is 23.1 Å². The molecule has 4 aromatic rings. The van der Waals surface area contributed by atoms with Gasteiger partial charge in [0.25, 0.3) is 5.56 Å². The summed E-state index contributed by atoms with van der Waals surface area (Å²) in [6.45, 7) is 3.57. The molecule has 3 heterocycles. The number of aryl methyl sites for hydroxylation is 2. The Hall–Kier alpha value is -3.75. The maximum Gasteiger partial charge on any atom is 0.274 e. The summed E-state index contributed by atoms with van der Waals surface area (Å²) >= 11 is 0. The van der Waals surface area contributed by atoms with Crippen LogP contribution < -0.4 is 15.6 Å². The fourth-order valence-corrected chi connectivity index (χ4v) is 3.01. The van der Waals surface area contributed by atoms with Crippen molar-refractivity contribution in [3.63, 3.8) is 0 Å². The number of fused-ring (bicyclic) bond motifs is 1. The average Bonchev–Trinajstić information content (AvgIpc) is 3.01. The van der Waals surface area contributed by atoms with E-state index in [1.165, 1.54) is 18.0 Å². The number of methoxy groups -OCH3 is 1. The van der Waals surface area contributed by atoms with Crippen molar-refractivity contribution in [1.82, 2.24) is 24.7 Å². The zero-order chi connectivity index (χ0) is 19.8. The molecule has 2 N–H and O–H groups in total. The number of nitrogens with one attached hydrogen (secondary N) is 2. The molecule has 9 heteroatoms. The Morgan fingerprint density at radius 3 is 2.79 bits per heavy atom. The summed E-state index contributed by atoms with van der Waals surface area (Å²) < 4.78 is 21.9. The van der Waals surface area contributed by atoms with Crippen molar-refractivity contribution in [2.75, 3.05) is 12.4 Å². The third kappa shape index (κ3) is 3.07. The minimum absolute atomic E-state index is 0.0411. The van der Waals surface area contributed by atoms with Crippen molar-refractivity contribution in [2.45, 2.75) is 13.8 Å². The lowest BCUT2D eigenvalue weighted by Crippen LogP contribution is -2.04. The van der Waals surface area contributed by atoms with Gasteiger partial charge in [-0.1, -0.05) is 6.07 Å². The van der Waals surface area contributed by atoms with Crippen LogP contribution in [-0.4, -0.2) is 31.8 Å². The third-order valence-electron chi connectivity index (χ3n) is 4.20. The summed E-state index contributed by atoms with van der Waals surface area (Å²) in [5.41, 5.74) is 0.936. The molecule has 28 heavy (non-hydrogen) atoms. The van der Waals surface area contributed by atoms with Crippen molar-refractivity contribution in [3.05, 3.63) is 64.2 Å². The maximum absolute atomic E-state index is 15.3. The third-order valence-corrected chi connectivity index (χ3v) is 4.20. The number of hydrogen-bond donors (Lipinski definition) is 2. The van der Waals surface area contributed by atoms with Crippen LogP contribution in [0.15, 0.2) is 41.3 Å². The number of hydrogen-bond acceptors (Lipinski definition) is 6. The largest absolute Gasteiger partial charge is 0.497 e. The quantitative estimate of drug-likeness (QED) is 0.565. The van der Waals surface area contributed by atoms with Crippen LogP contribution in [0.2, 0.25) is 0 Å².